The second kappa shape index (κ2) is 7.43. The summed E-state index contributed by atoms with van der Waals surface area (Å²) in [5.41, 5.74) is -1.18. The van der Waals surface area contributed by atoms with Crippen molar-refractivity contribution in [1.29, 1.82) is 0 Å². The Kier molecular flexibility index (Phi) is 6.18. The zero-order chi connectivity index (χ0) is 16.0. The lowest BCUT2D eigenvalue weighted by Gasteiger charge is -2.26. The zero-order valence-corrected chi connectivity index (χ0v) is 13.1. The van der Waals surface area contributed by atoms with Gasteiger partial charge in [-0.3, -0.25) is 14.9 Å². The predicted molar refractivity (Wildman–Crippen MR) is 78.7 cm³/mol. The largest absolute Gasteiger partial charge is 0.481 e. The van der Waals surface area contributed by atoms with Gasteiger partial charge in [-0.15, -0.1) is 0 Å². The summed E-state index contributed by atoms with van der Waals surface area (Å²) >= 11 is 0. The molecule has 1 aliphatic rings. The fourth-order valence-corrected chi connectivity index (χ4v) is 2.46. The molecule has 0 unspecified atom stereocenters. The van der Waals surface area contributed by atoms with Gasteiger partial charge < -0.3 is 10.4 Å². The Morgan fingerprint density at radius 2 is 1.71 bits per heavy atom. The number of carboxylic acid groups (broad SMARTS) is 1. The summed E-state index contributed by atoms with van der Waals surface area (Å²) in [6.45, 7) is 5.71. The monoisotopic (exact) mass is 298 g/mol. The summed E-state index contributed by atoms with van der Waals surface area (Å²) in [6.07, 6.45) is 4.33. The average Bonchev–Trinajstić information content (AvgIpc) is 2.37. The van der Waals surface area contributed by atoms with Crippen LogP contribution in [0.1, 0.15) is 52.9 Å². The van der Waals surface area contributed by atoms with Crippen LogP contribution in [0.25, 0.3) is 0 Å². The highest BCUT2D eigenvalue weighted by Gasteiger charge is 2.30. The molecular weight excluding hydrogens is 272 g/mol. The third-order valence-corrected chi connectivity index (χ3v) is 4.12. The molecule has 120 valence electrons. The number of nitrogens with one attached hydrogen (secondary N) is 2. The Bertz CT molecular complexity index is 398. The molecule has 0 spiro atoms. The molecule has 1 fully saturated rings. The number of aliphatic carboxylic acids is 1. The molecule has 0 aromatic carbocycles. The Hall–Kier alpha value is -1.59. The maximum absolute atomic E-state index is 11.6. The highest BCUT2D eigenvalue weighted by molar-refractivity contribution is 5.96. The molecule has 0 radical (unpaired) electrons. The van der Waals surface area contributed by atoms with Crippen molar-refractivity contribution in [2.24, 2.45) is 17.3 Å². The van der Waals surface area contributed by atoms with Gasteiger partial charge in [0.05, 0.1) is 5.41 Å². The number of carbonyl (C=O) groups is 3. The van der Waals surface area contributed by atoms with Crippen LogP contribution in [-0.2, 0) is 9.59 Å². The SMILES string of the molecule is CC1CCC(CNC(=O)NC(=O)CC(C)(C)C(=O)O)CC1. The topological polar surface area (TPSA) is 95.5 Å². The van der Waals surface area contributed by atoms with Gasteiger partial charge in [0.25, 0.3) is 0 Å². The molecule has 0 heterocycles. The Morgan fingerprint density at radius 3 is 2.24 bits per heavy atom. The molecule has 3 N–H and O–H groups in total. The molecule has 0 aliphatic heterocycles. The summed E-state index contributed by atoms with van der Waals surface area (Å²) < 4.78 is 0. The predicted octanol–water partition coefficient (Wildman–Crippen LogP) is 2.14. The first kappa shape index (κ1) is 17.5. The van der Waals surface area contributed by atoms with Gasteiger partial charge in [0, 0.05) is 13.0 Å². The molecule has 6 nitrogen and oxygen atoms in total. The van der Waals surface area contributed by atoms with E-state index in [2.05, 4.69) is 17.6 Å². The highest BCUT2D eigenvalue weighted by Crippen LogP contribution is 2.27. The highest BCUT2D eigenvalue weighted by atomic mass is 16.4. The van der Waals surface area contributed by atoms with Crippen molar-refractivity contribution >= 4 is 17.9 Å². The lowest BCUT2D eigenvalue weighted by atomic mass is 9.83. The van der Waals surface area contributed by atoms with Gasteiger partial charge in [0.1, 0.15) is 0 Å². The molecule has 0 saturated heterocycles. The van der Waals surface area contributed by atoms with Gasteiger partial charge in [-0.2, -0.15) is 0 Å². The summed E-state index contributed by atoms with van der Waals surface area (Å²) in [5, 5.41) is 13.8. The van der Waals surface area contributed by atoms with E-state index in [0.717, 1.165) is 18.8 Å². The van der Waals surface area contributed by atoms with Crippen molar-refractivity contribution < 1.29 is 19.5 Å². The number of hydrogen-bond acceptors (Lipinski definition) is 3. The van der Waals surface area contributed by atoms with E-state index in [1.807, 2.05) is 0 Å². The molecule has 0 atom stereocenters. The molecule has 1 rings (SSSR count). The number of amides is 3. The number of rotatable bonds is 5. The van der Waals surface area contributed by atoms with Gasteiger partial charge in [-0.1, -0.05) is 19.8 Å². The number of carboxylic acids is 1. The number of urea groups is 1. The summed E-state index contributed by atoms with van der Waals surface area (Å²) in [5.74, 6) is -0.404. The van der Waals surface area contributed by atoms with E-state index in [1.165, 1.54) is 26.7 Å². The van der Waals surface area contributed by atoms with Crippen LogP contribution in [0, 0.1) is 17.3 Å². The fraction of sp³-hybridized carbons (Fsp3) is 0.800. The molecule has 0 aromatic heterocycles. The van der Waals surface area contributed by atoms with E-state index in [9.17, 15) is 14.4 Å². The van der Waals surface area contributed by atoms with Crippen molar-refractivity contribution in [3.05, 3.63) is 0 Å². The molecular formula is C15H26N2O4. The molecule has 1 saturated carbocycles. The second-order valence-corrected chi connectivity index (χ2v) is 6.75. The van der Waals surface area contributed by atoms with Crippen molar-refractivity contribution in [2.45, 2.75) is 52.9 Å². The van der Waals surface area contributed by atoms with Gasteiger partial charge >= 0.3 is 12.0 Å². The van der Waals surface area contributed by atoms with Gasteiger partial charge in [-0.25, -0.2) is 4.79 Å². The molecule has 6 heteroatoms. The lowest BCUT2D eigenvalue weighted by Crippen LogP contribution is -2.43. The average molecular weight is 298 g/mol. The van der Waals surface area contributed by atoms with Gasteiger partial charge in [0.15, 0.2) is 0 Å². The van der Waals surface area contributed by atoms with Crippen LogP contribution in [0.15, 0.2) is 0 Å². The van der Waals surface area contributed by atoms with Crippen LogP contribution < -0.4 is 10.6 Å². The lowest BCUT2D eigenvalue weighted by molar-refractivity contribution is -0.149. The second-order valence-electron chi connectivity index (χ2n) is 6.75. The normalized spacial score (nSPS) is 22.4. The quantitative estimate of drug-likeness (QED) is 0.724. The van der Waals surface area contributed by atoms with Crippen LogP contribution in [0.3, 0.4) is 0 Å². The third kappa shape index (κ3) is 6.14. The minimum absolute atomic E-state index is 0.225. The minimum atomic E-state index is -1.18. The Balaban J connectivity index is 2.27. The Morgan fingerprint density at radius 1 is 1.14 bits per heavy atom. The molecule has 1 aliphatic carbocycles. The van der Waals surface area contributed by atoms with Crippen molar-refractivity contribution in [3.8, 4) is 0 Å². The first-order valence-corrected chi connectivity index (χ1v) is 7.52. The van der Waals surface area contributed by atoms with E-state index in [1.54, 1.807) is 0 Å². The maximum atomic E-state index is 11.6. The van der Waals surface area contributed by atoms with E-state index in [4.69, 9.17) is 5.11 Å². The fourth-order valence-electron chi connectivity index (χ4n) is 2.46. The first-order chi connectivity index (χ1) is 9.70. The van der Waals surface area contributed by atoms with Crippen molar-refractivity contribution in [2.75, 3.05) is 6.54 Å². The zero-order valence-electron chi connectivity index (χ0n) is 13.1. The van der Waals surface area contributed by atoms with E-state index >= 15 is 0 Å². The van der Waals surface area contributed by atoms with Crippen LogP contribution >= 0.6 is 0 Å². The molecule has 21 heavy (non-hydrogen) atoms. The standard InChI is InChI=1S/C15H26N2O4/c1-10-4-6-11(7-5-10)9-16-14(21)17-12(18)8-15(2,3)13(19)20/h10-11H,4-9H2,1-3H3,(H,19,20)(H2,16,17,18,21). The molecule has 3 amide bonds. The third-order valence-electron chi connectivity index (χ3n) is 4.12. The van der Waals surface area contributed by atoms with Crippen LogP contribution in [-0.4, -0.2) is 29.6 Å². The Labute approximate surface area is 125 Å². The van der Waals surface area contributed by atoms with Gasteiger partial charge in [0.2, 0.25) is 5.91 Å². The smallest absolute Gasteiger partial charge is 0.321 e. The van der Waals surface area contributed by atoms with E-state index in [-0.39, 0.29) is 6.42 Å². The number of carbonyl (C=O) groups excluding carboxylic acids is 2. The van der Waals surface area contributed by atoms with Crippen LogP contribution in [0.4, 0.5) is 4.79 Å². The summed E-state index contributed by atoms with van der Waals surface area (Å²) in [4.78, 5) is 34.2. The van der Waals surface area contributed by atoms with Gasteiger partial charge in [-0.05, 0) is 38.5 Å². The number of imide groups is 1. The first-order valence-electron chi connectivity index (χ1n) is 7.52. The number of hydrogen-bond donors (Lipinski definition) is 3. The van der Waals surface area contributed by atoms with E-state index in [0.29, 0.717) is 12.5 Å². The van der Waals surface area contributed by atoms with Crippen LogP contribution in [0.5, 0.6) is 0 Å². The van der Waals surface area contributed by atoms with Crippen molar-refractivity contribution in [1.82, 2.24) is 10.6 Å². The minimum Gasteiger partial charge on any atom is -0.481 e. The van der Waals surface area contributed by atoms with Crippen molar-refractivity contribution in [3.63, 3.8) is 0 Å². The summed E-state index contributed by atoms with van der Waals surface area (Å²) in [6, 6.07) is -0.542. The molecule has 0 aromatic rings. The molecule has 0 bridgehead atoms. The summed E-state index contributed by atoms with van der Waals surface area (Å²) in [7, 11) is 0. The van der Waals surface area contributed by atoms with Crippen LogP contribution in [0.2, 0.25) is 0 Å². The maximum Gasteiger partial charge on any atom is 0.321 e. The van der Waals surface area contributed by atoms with E-state index < -0.39 is 23.3 Å².